The van der Waals surface area contributed by atoms with Crippen molar-refractivity contribution >= 4 is 17.6 Å². The van der Waals surface area contributed by atoms with Gasteiger partial charge in [-0.15, -0.1) is 0 Å². The third kappa shape index (κ3) is 2.84. The summed E-state index contributed by atoms with van der Waals surface area (Å²) in [5.74, 6) is -0.124. The number of aryl methyl sites for hydroxylation is 1. The fraction of sp³-hybridized carbons (Fsp3) is 0.632. The van der Waals surface area contributed by atoms with Crippen molar-refractivity contribution in [2.24, 2.45) is 0 Å². The van der Waals surface area contributed by atoms with Crippen molar-refractivity contribution in [1.82, 2.24) is 0 Å². The minimum Gasteiger partial charge on any atom is -0.495 e. The van der Waals surface area contributed by atoms with Crippen molar-refractivity contribution in [3.8, 4) is 5.75 Å². The second kappa shape index (κ2) is 6.72. The zero-order valence-corrected chi connectivity index (χ0v) is 14.5. The van der Waals surface area contributed by atoms with E-state index in [4.69, 9.17) is 16.3 Å². The maximum atomic E-state index is 12.3. The van der Waals surface area contributed by atoms with Gasteiger partial charge in [-0.05, 0) is 55.7 Å². The Kier molecular flexibility index (Phi) is 4.86. The van der Waals surface area contributed by atoms with Crippen LogP contribution in [0.4, 0.5) is 0 Å². The number of fused-ring (bicyclic) bond motifs is 1. The van der Waals surface area contributed by atoms with Crippen LogP contribution in [-0.4, -0.2) is 18.2 Å². The Balaban J connectivity index is 2.26. The number of aliphatic carboxylic acids is 1. The van der Waals surface area contributed by atoms with E-state index in [1.54, 1.807) is 7.11 Å². The Morgan fingerprint density at radius 2 is 1.78 bits per heavy atom. The number of carbonyl (C=O) groups is 1. The fourth-order valence-corrected chi connectivity index (χ4v) is 4.76. The lowest BCUT2D eigenvalue weighted by molar-refractivity contribution is -0.145. The normalized spacial score (nSPS) is 20.4. The molecule has 23 heavy (non-hydrogen) atoms. The molecule has 2 aliphatic rings. The van der Waals surface area contributed by atoms with Crippen molar-refractivity contribution in [2.45, 2.75) is 69.6 Å². The van der Waals surface area contributed by atoms with Gasteiger partial charge in [0.15, 0.2) is 0 Å². The van der Waals surface area contributed by atoms with Crippen LogP contribution in [0, 0.1) is 0 Å². The molecule has 0 radical (unpaired) electrons. The zero-order chi connectivity index (χ0) is 16.4. The third-order valence-electron chi connectivity index (χ3n) is 5.61. The van der Waals surface area contributed by atoms with Gasteiger partial charge in [0.25, 0.3) is 0 Å². The summed E-state index contributed by atoms with van der Waals surface area (Å²) in [6.07, 6.45) is 9.77. The number of rotatable bonds is 3. The van der Waals surface area contributed by atoms with Crippen LogP contribution in [0.2, 0.25) is 5.02 Å². The molecule has 1 saturated carbocycles. The molecule has 1 aromatic carbocycles. The Hall–Kier alpha value is -1.22. The van der Waals surface area contributed by atoms with Crippen molar-refractivity contribution in [3.63, 3.8) is 0 Å². The van der Waals surface area contributed by atoms with Crippen molar-refractivity contribution in [1.29, 1.82) is 0 Å². The number of methoxy groups -OCH3 is 1. The number of carboxylic acid groups (broad SMARTS) is 1. The molecule has 4 heteroatoms. The summed E-state index contributed by atoms with van der Waals surface area (Å²) in [6, 6.07) is 2.00. The van der Waals surface area contributed by atoms with Crippen LogP contribution in [0.3, 0.4) is 0 Å². The van der Waals surface area contributed by atoms with Crippen LogP contribution in [-0.2, 0) is 23.1 Å². The van der Waals surface area contributed by atoms with E-state index in [-0.39, 0.29) is 0 Å². The molecule has 1 fully saturated rings. The highest BCUT2D eigenvalue weighted by atomic mass is 35.5. The Bertz CT molecular complexity index is 603. The highest BCUT2D eigenvalue weighted by Crippen LogP contribution is 2.49. The molecule has 0 saturated heterocycles. The Morgan fingerprint density at radius 3 is 2.43 bits per heavy atom. The summed E-state index contributed by atoms with van der Waals surface area (Å²) < 4.78 is 5.62. The van der Waals surface area contributed by atoms with Crippen molar-refractivity contribution in [3.05, 3.63) is 27.8 Å². The molecule has 126 valence electrons. The third-order valence-corrected chi connectivity index (χ3v) is 5.89. The molecule has 0 spiro atoms. The van der Waals surface area contributed by atoms with Crippen LogP contribution in [0.1, 0.15) is 68.1 Å². The Morgan fingerprint density at radius 1 is 1.13 bits per heavy atom. The Labute approximate surface area is 143 Å². The molecule has 0 aliphatic heterocycles. The molecule has 0 amide bonds. The monoisotopic (exact) mass is 336 g/mol. The molecule has 0 aromatic heterocycles. The molecule has 0 heterocycles. The van der Waals surface area contributed by atoms with Crippen LogP contribution in [0.25, 0.3) is 0 Å². The SMILES string of the molecule is COc1c(Cl)cc2c(c1C1(C(=O)O)CCCCC1)CCCCC2. The molecule has 2 aliphatic carbocycles. The molecular formula is C19H25ClO3. The van der Waals surface area contributed by atoms with Gasteiger partial charge in [0.1, 0.15) is 5.75 Å². The minimum absolute atomic E-state index is 0.564. The van der Waals surface area contributed by atoms with Gasteiger partial charge in [-0.1, -0.05) is 37.3 Å². The summed E-state index contributed by atoms with van der Waals surface area (Å²) in [6.45, 7) is 0. The minimum atomic E-state index is -0.830. The summed E-state index contributed by atoms with van der Waals surface area (Å²) in [5, 5.41) is 10.7. The van der Waals surface area contributed by atoms with Gasteiger partial charge in [0.05, 0.1) is 17.5 Å². The fourth-order valence-electron chi connectivity index (χ4n) is 4.46. The van der Waals surface area contributed by atoms with Crippen LogP contribution in [0.5, 0.6) is 5.75 Å². The predicted molar refractivity (Wildman–Crippen MR) is 91.7 cm³/mol. The quantitative estimate of drug-likeness (QED) is 0.798. The standard InChI is InChI=1S/C19H25ClO3/c1-23-17-15(20)12-13-8-4-2-5-9-14(13)16(17)19(18(21)22)10-6-3-7-11-19/h12H,2-11H2,1H3,(H,21,22). The first-order valence-corrected chi connectivity index (χ1v) is 9.10. The second-order valence-corrected chi connectivity index (χ2v) is 7.32. The number of carboxylic acids is 1. The molecule has 0 bridgehead atoms. The zero-order valence-electron chi connectivity index (χ0n) is 13.8. The largest absolute Gasteiger partial charge is 0.495 e. The van der Waals surface area contributed by atoms with E-state index in [0.29, 0.717) is 23.6 Å². The van der Waals surface area contributed by atoms with Crippen molar-refractivity contribution in [2.75, 3.05) is 7.11 Å². The molecule has 3 rings (SSSR count). The van der Waals surface area contributed by atoms with E-state index in [1.165, 1.54) is 17.5 Å². The van der Waals surface area contributed by atoms with Crippen LogP contribution < -0.4 is 4.74 Å². The molecule has 1 aromatic rings. The van der Waals surface area contributed by atoms with E-state index < -0.39 is 11.4 Å². The van der Waals surface area contributed by atoms with E-state index in [9.17, 15) is 9.90 Å². The number of hydrogen-bond acceptors (Lipinski definition) is 2. The molecule has 1 N–H and O–H groups in total. The lowest BCUT2D eigenvalue weighted by Crippen LogP contribution is -2.39. The van der Waals surface area contributed by atoms with E-state index in [0.717, 1.165) is 50.5 Å². The number of benzene rings is 1. The summed E-state index contributed by atoms with van der Waals surface area (Å²) in [5.41, 5.74) is 2.49. The van der Waals surface area contributed by atoms with Crippen LogP contribution >= 0.6 is 11.6 Å². The molecular weight excluding hydrogens is 312 g/mol. The molecule has 0 atom stereocenters. The lowest BCUT2D eigenvalue weighted by Gasteiger charge is -2.37. The number of hydrogen-bond donors (Lipinski definition) is 1. The molecule has 3 nitrogen and oxygen atoms in total. The first-order valence-electron chi connectivity index (χ1n) is 8.72. The average Bonchev–Trinajstić information content (AvgIpc) is 2.79. The van der Waals surface area contributed by atoms with Crippen molar-refractivity contribution < 1.29 is 14.6 Å². The van der Waals surface area contributed by atoms with Gasteiger partial charge in [-0.25, -0.2) is 0 Å². The maximum Gasteiger partial charge on any atom is 0.314 e. The number of halogens is 1. The second-order valence-electron chi connectivity index (χ2n) is 6.91. The maximum absolute atomic E-state index is 12.3. The number of ether oxygens (including phenoxy) is 1. The van der Waals surface area contributed by atoms with Gasteiger partial charge in [-0.2, -0.15) is 0 Å². The molecule has 0 unspecified atom stereocenters. The van der Waals surface area contributed by atoms with E-state index >= 15 is 0 Å². The average molecular weight is 337 g/mol. The van der Waals surface area contributed by atoms with Crippen LogP contribution in [0.15, 0.2) is 6.07 Å². The topological polar surface area (TPSA) is 46.5 Å². The van der Waals surface area contributed by atoms with Gasteiger partial charge >= 0.3 is 5.97 Å². The first kappa shape index (κ1) is 16.6. The van der Waals surface area contributed by atoms with Gasteiger partial charge < -0.3 is 9.84 Å². The lowest BCUT2D eigenvalue weighted by atomic mass is 9.67. The highest BCUT2D eigenvalue weighted by molar-refractivity contribution is 6.32. The van der Waals surface area contributed by atoms with Gasteiger partial charge in [0.2, 0.25) is 0 Å². The van der Waals surface area contributed by atoms with E-state index in [1.807, 2.05) is 6.07 Å². The predicted octanol–water partition coefficient (Wildman–Crippen LogP) is 4.90. The summed E-state index contributed by atoms with van der Waals surface area (Å²) in [4.78, 5) is 12.3. The smallest absolute Gasteiger partial charge is 0.314 e. The first-order chi connectivity index (χ1) is 11.1. The van der Waals surface area contributed by atoms with Gasteiger partial charge in [-0.3, -0.25) is 4.79 Å². The summed E-state index contributed by atoms with van der Waals surface area (Å²) >= 11 is 6.49. The summed E-state index contributed by atoms with van der Waals surface area (Å²) in [7, 11) is 1.60. The highest BCUT2D eigenvalue weighted by Gasteiger charge is 2.45. The van der Waals surface area contributed by atoms with Gasteiger partial charge in [0, 0.05) is 5.56 Å². The van der Waals surface area contributed by atoms with E-state index in [2.05, 4.69) is 0 Å².